The van der Waals surface area contributed by atoms with E-state index in [-0.39, 0.29) is 24.9 Å². The molecule has 1 aromatic carbocycles. The quantitative estimate of drug-likeness (QED) is 0.845. The minimum atomic E-state index is -0.219. The maximum atomic E-state index is 12.2. The van der Waals surface area contributed by atoms with Crippen molar-refractivity contribution in [1.29, 1.82) is 0 Å². The zero-order valence-electron chi connectivity index (χ0n) is 14.3. The summed E-state index contributed by atoms with van der Waals surface area (Å²) in [7, 11) is 3.46. The number of carbonyl (C=O) groups is 2. The Bertz CT molecular complexity index is 665. The number of aryl methyl sites for hydroxylation is 1. The minimum Gasteiger partial charge on any atom is -0.468 e. The third-order valence-electron chi connectivity index (χ3n) is 3.55. The summed E-state index contributed by atoms with van der Waals surface area (Å²) in [6.07, 6.45) is 1.60. The zero-order chi connectivity index (χ0) is 17.5. The largest absolute Gasteiger partial charge is 0.468 e. The first-order valence-corrected chi connectivity index (χ1v) is 7.75. The van der Waals surface area contributed by atoms with Gasteiger partial charge in [0.2, 0.25) is 11.8 Å². The SMILES string of the molecule is Cc1ccc(NC(=O)CN(C)C(=O)CN(C)Cc2ccco2)cc1. The van der Waals surface area contributed by atoms with Crippen LogP contribution in [0.15, 0.2) is 47.1 Å². The Hall–Kier alpha value is -2.60. The fraction of sp³-hybridized carbons (Fsp3) is 0.333. The summed E-state index contributed by atoms with van der Waals surface area (Å²) in [6.45, 7) is 2.76. The molecule has 0 atom stereocenters. The lowest BCUT2D eigenvalue weighted by atomic mass is 10.2. The standard InChI is InChI=1S/C18H23N3O3/c1-14-6-8-15(9-7-14)19-17(22)12-21(3)18(23)13-20(2)11-16-5-4-10-24-16/h4-10H,11-13H2,1-3H3,(H,19,22). The second-order valence-corrected chi connectivity index (χ2v) is 5.92. The molecule has 0 bridgehead atoms. The number of carbonyl (C=O) groups excluding carboxylic acids is 2. The van der Waals surface area contributed by atoms with Gasteiger partial charge in [-0.05, 0) is 38.2 Å². The molecule has 1 N–H and O–H groups in total. The average Bonchev–Trinajstić information content (AvgIpc) is 3.02. The van der Waals surface area contributed by atoms with Crippen molar-refractivity contribution in [2.45, 2.75) is 13.5 Å². The van der Waals surface area contributed by atoms with Gasteiger partial charge in [0.05, 0.1) is 25.9 Å². The Morgan fingerprint density at radius 1 is 1.08 bits per heavy atom. The van der Waals surface area contributed by atoms with Gasteiger partial charge < -0.3 is 14.6 Å². The van der Waals surface area contributed by atoms with E-state index in [9.17, 15) is 9.59 Å². The van der Waals surface area contributed by atoms with Crippen LogP contribution < -0.4 is 5.32 Å². The molecule has 0 radical (unpaired) electrons. The highest BCUT2D eigenvalue weighted by atomic mass is 16.3. The highest BCUT2D eigenvalue weighted by Crippen LogP contribution is 2.08. The molecule has 0 saturated heterocycles. The Labute approximate surface area is 142 Å². The zero-order valence-corrected chi connectivity index (χ0v) is 14.3. The summed E-state index contributed by atoms with van der Waals surface area (Å²) in [4.78, 5) is 27.5. The number of nitrogens with zero attached hydrogens (tertiary/aromatic N) is 2. The van der Waals surface area contributed by atoms with Crippen molar-refractivity contribution in [2.75, 3.05) is 32.5 Å². The predicted octanol–water partition coefficient (Wildman–Crippen LogP) is 2.12. The molecule has 0 spiro atoms. The van der Waals surface area contributed by atoms with Crippen LogP contribution in [0.3, 0.4) is 0 Å². The highest BCUT2D eigenvalue weighted by Gasteiger charge is 2.15. The number of hydrogen-bond acceptors (Lipinski definition) is 4. The third-order valence-corrected chi connectivity index (χ3v) is 3.55. The van der Waals surface area contributed by atoms with Crippen LogP contribution >= 0.6 is 0 Å². The normalized spacial score (nSPS) is 10.7. The van der Waals surface area contributed by atoms with E-state index in [1.54, 1.807) is 13.3 Å². The van der Waals surface area contributed by atoms with Gasteiger partial charge in [-0.3, -0.25) is 14.5 Å². The van der Waals surface area contributed by atoms with Gasteiger partial charge >= 0.3 is 0 Å². The van der Waals surface area contributed by atoms with Gasteiger partial charge in [0.1, 0.15) is 5.76 Å². The van der Waals surface area contributed by atoms with Crippen molar-refractivity contribution in [1.82, 2.24) is 9.80 Å². The van der Waals surface area contributed by atoms with Crippen molar-refractivity contribution in [2.24, 2.45) is 0 Å². The van der Waals surface area contributed by atoms with E-state index >= 15 is 0 Å². The molecule has 0 aliphatic carbocycles. The number of anilines is 1. The van der Waals surface area contributed by atoms with Gasteiger partial charge in [-0.15, -0.1) is 0 Å². The van der Waals surface area contributed by atoms with Crippen molar-refractivity contribution in [3.63, 3.8) is 0 Å². The fourth-order valence-electron chi connectivity index (χ4n) is 2.22. The highest BCUT2D eigenvalue weighted by molar-refractivity contribution is 5.94. The van der Waals surface area contributed by atoms with Crippen molar-refractivity contribution in [3.8, 4) is 0 Å². The summed E-state index contributed by atoms with van der Waals surface area (Å²) in [5.41, 5.74) is 1.85. The molecule has 0 saturated carbocycles. The molecular formula is C18H23N3O3. The molecule has 6 heteroatoms. The van der Waals surface area contributed by atoms with E-state index in [0.717, 1.165) is 17.0 Å². The Morgan fingerprint density at radius 2 is 1.79 bits per heavy atom. The van der Waals surface area contributed by atoms with Crippen LogP contribution in [0.1, 0.15) is 11.3 Å². The van der Waals surface area contributed by atoms with Crippen LogP contribution in [-0.4, -0.2) is 48.8 Å². The monoisotopic (exact) mass is 329 g/mol. The molecule has 0 fully saturated rings. The van der Waals surface area contributed by atoms with E-state index < -0.39 is 0 Å². The van der Waals surface area contributed by atoms with E-state index in [1.165, 1.54) is 4.90 Å². The lowest BCUT2D eigenvalue weighted by molar-refractivity contribution is -0.134. The maximum Gasteiger partial charge on any atom is 0.243 e. The van der Waals surface area contributed by atoms with Crippen molar-refractivity contribution in [3.05, 3.63) is 54.0 Å². The van der Waals surface area contributed by atoms with E-state index in [4.69, 9.17) is 4.42 Å². The van der Waals surface area contributed by atoms with E-state index in [0.29, 0.717) is 6.54 Å². The van der Waals surface area contributed by atoms with Crippen LogP contribution in [0.25, 0.3) is 0 Å². The predicted molar refractivity (Wildman–Crippen MR) is 92.5 cm³/mol. The van der Waals surface area contributed by atoms with Crippen molar-refractivity contribution < 1.29 is 14.0 Å². The smallest absolute Gasteiger partial charge is 0.243 e. The molecule has 0 unspecified atom stereocenters. The minimum absolute atomic E-state index is 0.0152. The van der Waals surface area contributed by atoms with Gasteiger partial charge in [-0.1, -0.05) is 17.7 Å². The average molecular weight is 329 g/mol. The Morgan fingerprint density at radius 3 is 2.42 bits per heavy atom. The van der Waals surface area contributed by atoms with Gasteiger partial charge in [-0.2, -0.15) is 0 Å². The van der Waals surface area contributed by atoms with Crippen LogP contribution in [0, 0.1) is 6.92 Å². The third kappa shape index (κ3) is 5.55. The molecule has 2 rings (SSSR count). The first-order valence-electron chi connectivity index (χ1n) is 7.75. The van der Waals surface area contributed by atoms with Gasteiger partial charge in [0, 0.05) is 12.7 Å². The molecular weight excluding hydrogens is 306 g/mol. The number of benzene rings is 1. The summed E-state index contributed by atoms with van der Waals surface area (Å²) >= 11 is 0. The molecule has 128 valence electrons. The van der Waals surface area contributed by atoms with Crippen LogP contribution in [0.5, 0.6) is 0 Å². The fourth-order valence-corrected chi connectivity index (χ4v) is 2.22. The Balaban J connectivity index is 1.77. The van der Waals surface area contributed by atoms with E-state index in [1.807, 2.05) is 55.3 Å². The van der Waals surface area contributed by atoms with Crippen LogP contribution in [0.2, 0.25) is 0 Å². The molecule has 24 heavy (non-hydrogen) atoms. The first-order chi connectivity index (χ1) is 11.4. The molecule has 2 amide bonds. The molecule has 1 heterocycles. The summed E-state index contributed by atoms with van der Waals surface area (Å²) in [5, 5.41) is 2.78. The van der Waals surface area contributed by atoms with E-state index in [2.05, 4.69) is 5.32 Å². The van der Waals surface area contributed by atoms with Crippen LogP contribution in [-0.2, 0) is 16.1 Å². The van der Waals surface area contributed by atoms with Crippen molar-refractivity contribution >= 4 is 17.5 Å². The number of likely N-dealkylation sites (N-methyl/N-ethyl adjacent to an activating group) is 2. The molecule has 2 aromatic rings. The summed E-state index contributed by atoms with van der Waals surface area (Å²) in [6, 6.07) is 11.2. The number of furan rings is 1. The lowest BCUT2D eigenvalue weighted by Gasteiger charge is -2.21. The number of hydrogen-bond donors (Lipinski definition) is 1. The molecule has 6 nitrogen and oxygen atoms in total. The molecule has 1 aromatic heterocycles. The Kier molecular flexibility index (Phi) is 6.14. The number of rotatable bonds is 7. The number of amides is 2. The van der Waals surface area contributed by atoms with Gasteiger partial charge in [0.15, 0.2) is 0 Å². The van der Waals surface area contributed by atoms with Crippen LogP contribution in [0.4, 0.5) is 5.69 Å². The number of nitrogens with one attached hydrogen (secondary N) is 1. The van der Waals surface area contributed by atoms with Gasteiger partial charge in [-0.25, -0.2) is 0 Å². The second kappa shape index (κ2) is 8.31. The first kappa shape index (κ1) is 17.7. The summed E-state index contributed by atoms with van der Waals surface area (Å²) < 4.78 is 5.25. The second-order valence-electron chi connectivity index (χ2n) is 5.92. The maximum absolute atomic E-state index is 12.2. The lowest BCUT2D eigenvalue weighted by Crippen LogP contribution is -2.40. The summed E-state index contributed by atoms with van der Waals surface area (Å²) in [5.74, 6) is 0.455. The molecule has 0 aliphatic heterocycles. The topological polar surface area (TPSA) is 65.8 Å². The van der Waals surface area contributed by atoms with Gasteiger partial charge in [0.25, 0.3) is 0 Å². The molecule has 0 aliphatic rings.